The number of guanidine groups is 1. The Balaban J connectivity index is 0.00000242. The highest BCUT2D eigenvalue weighted by Crippen LogP contribution is 2.16. The minimum Gasteiger partial charge on any atom is -0.378 e. The molecule has 0 amide bonds. The summed E-state index contributed by atoms with van der Waals surface area (Å²) in [5.41, 5.74) is 9.20. The number of nitrogens with zero attached hydrogens (tertiary/aromatic N) is 2. The van der Waals surface area contributed by atoms with Crippen molar-refractivity contribution < 1.29 is 4.74 Å². The summed E-state index contributed by atoms with van der Waals surface area (Å²) in [6, 6.07) is 8.46. The predicted octanol–water partition coefficient (Wildman–Crippen LogP) is 2.12. The number of nitrogens with two attached hydrogens (primary N) is 1. The number of aliphatic imine (C=N–C) groups is 1. The Morgan fingerprint density at radius 3 is 2.55 bits per heavy atom. The molecule has 2 rings (SSSR count). The van der Waals surface area contributed by atoms with Gasteiger partial charge in [-0.05, 0) is 24.6 Å². The van der Waals surface area contributed by atoms with Crippen molar-refractivity contribution >= 4 is 35.6 Å². The summed E-state index contributed by atoms with van der Waals surface area (Å²) < 4.78 is 5.36. The van der Waals surface area contributed by atoms with Gasteiger partial charge in [-0.25, -0.2) is 4.99 Å². The van der Waals surface area contributed by atoms with E-state index in [1.165, 1.54) is 5.69 Å². The summed E-state index contributed by atoms with van der Waals surface area (Å²) in [6.45, 7) is 10.5. The van der Waals surface area contributed by atoms with Crippen LogP contribution in [-0.2, 0) is 11.3 Å². The fraction of sp³-hybridized carbons (Fsp3) is 0.438. The van der Waals surface area contributed by atoms with Crippen LogP contribution in [0.4, 0.5) is 5.69 Å². The van der Waals surface area contributed by atoms with Crippen LogP contribution in [0.3, 0.4) is 0 Å². The third kappa shape index (κ3) is 6.23. The molecule has 0 unspecified atom stereocenters. The van der Waals surface area contributed by atoms with E-state index in [9.17, 15) is 0 Å². The zero-order valence-corrected chi connectivity index (χ0v) is 15.4. The van der Waals surface area contributed by atoms with Crippen LogP contribution < -0.4 is 16.0 Å². The van der Waals surface area contributed by atoms with Crippen LogP contribution in [0.15, 0.2) is 41.4 Å². The van der Waals surface area contributed by atoms with E-state index in [0.29, 0.717) is 19.0 Å². The molecule has 22 heavy (non-hydrogen) atoms. The largest absolute Gasteiger partial charge is 0.378 e. The Kier molecular flexibility index (Phi) is 8.26. The van der Waals surface area contributed by atoms with Gasteiger partial charge in [-0.3, -0.25) is 0 Å². The minimum atomic E-state index is 0. The molecule has 0 aliphatic carbocycles. The molecule has 5 nitrogen and oxygen atoms in total. The average molecular weight is 416 g/mol. The number of morpholine rings is 1. The fourth-order valence-corrected chi connectivity index (χ4v) is 2.11. The van der Waals surface area contributed by atoms with Crippen molar-refractivity contribution in [2.24, 2.45) is 10.7 Å². The number of hydrogen-bond donors (Lipinski definition) is 2. The number of nitrogens with one attached hydrogen (secondary N) is 1. The summed E-state index contributed by atoms with van der Waals surface area (Å²) in [5, 5.41) is 3.02. The second-order valence-corrected chi connectivity index (χ2v) is 5.28. The van der Waals surface area contributed by atoms with E-state index < -0.39 is 0 Å². The molecule has 1 aromatic carbocycles. The van der Waals surface area contributed by atoms with Crippen molar-refractivity contribution in [1.29, 1.82) is 0 Å². The van der Waals surface area contributed by atoms with Gasteiger partial charge in [-0.1, -0.05) is 24.3 Å². The first-order valence-corrected chi connectivity index (χ1v) is 7.25. The monoisotopic (exact) mass is 416 g/mol. The molecule has 0 saturated carbocycles. The number of ether oxygens (including phenoxy) is 1. The van der Waals surface area contributed by atoms with Gasteiger partial charge in [0.05, 0.1) is 19.8 Å². The molecule has 1 heterocycles. The van der Waals surface area contributed by atoms with Gasteiger partial charge in [0.2, 0.25) is 0 Å². The van der Waals surface area contributed by atoms with E-state index in [2.05, 4.69) is 46.1 Å². The molecule has 0 spiro atoms. The molecule has 1 aliphatic rings. The SMILES string of the molecule is C=C(C)CNC(N)=NCc1ccc(N2CCOCC2)cc1.I. The highest BCUT2D eigenvalue weighted by molar-refractivity contribution is 14.0. The summed E-state index contributed by atoms with van der Waals surface area (Å²) in [7, 11) is 0. The maximum atomic E-state index is 5.79. The number of rotatable bonds is 5. The van der Waals surface area contributed by atoms with E-state index in [1.54, 1.807) is 0 Å². The van der Waals surface area contributed by atoms with Crippen LogP contribution in [0.1, 0.15) is 12.5 Å². The van der Waals surface area contributed by atoms with E-state index >= 15 is 0 Å². The Hall–Kier alpha value is -1.28. The van der Waals surface area contributed by atoms with Crippen LogP contribution in [-0.4, -0.2) is 38.8 Å². The van der Waals surface area contributed by atoms with Gasteiger partial charge in [0.25, 0.3) is 0 Å². The van der Waals surface area contributed by atoms with Crippen molar-refractivity contribution in [2.45, 2.75) is 13.5 Å². The predicted molar refractivity (Wildman–Crippen MR) is 103 cm³/mol. The molecule has 6 heteroatoms. The van der Waals surface area contributed by atoms with Crippen molar-refractivity contribution in [3.63, 3.8) is 0 Å². The molecular formula is C16H25IN4O. The van der Waals surface area contributed by atoms with Crippen molar-refractivity contribution in [3.05, 3.63) is 42.0 Å². The van der Waals surface area contributed by atoms with Crippen LogP contribution in [0.2, 0.25) is 0 Å². The average Bonchev–Trinajstić information content (AvgIpc) is 2.52. The summed E-state index contributed by atoms with van der Waals surface area (Å²) >= 11 is 0. The van der Waals surface area contributed by atoms with Gasteiger partial charge in [0.1, 0.15) is 0 Å². The summed E-state index contributed by atoms with van der Waals surface area (Å²) in [4.78, 5) is 6.65. The molecule has 0 bridgehead atoms. The molecule has 1 fully saturated rings. The first-order valence-electron chi connectivity index (χ1n) is 7.25. The van der Waals surface area contributed by atoms with E-state index in [1.807, 2.05) is 6.92 Å². The molecule has 0 atom stereocenters. The van der Waals surface area contributed by atoms with E-state index in [0.717, 1.165) is 37.4 Å². The lowest BCUT2D eigenvalue weighted by atomic mass is 10.2. The lowest BCUT2D eigenvalue weighted by molar-refractivity contribution is 0.122. The quantitative estimate of drug-likeness (QED) is 0.334. The molecule has 3 N–H and O–H groups in total. The van der Waals surface area contributed by atoms with Crippen molar-refractivity contribution in [1.82, 2.24) is 5.32 Å². The Bertz CT molecular complexity index is 495. The van der Waals surface area contributed by atoms with E-state index in [4.69, 9.17) is 10.5 Å². The second-order valence-electron chi connectivity index (χ2n) is 5.28. The molecule has 122 valence electrons. The zero-order valence-electron chi connectivity index (χ0n) is 13.0. The number of benzene rings is 1. The van der Waals surface area contributed by atoms with Crippen LogP contribution in [0.5, 0.6) is 0 Å². The Morgan fingerprint density at radius 1 is 1.32 bits per heavy atom. The maximum Gasteiger partial charge on any atom is 0.189 e. The summed E-state index contributed by atoms with van der Waals surface area (Å²) in [5.74, 6) is 0.454. The third-order valence-corrected chi connectivity index (χ3v) is 3.32. The standard InChI is InChI=1S/C16H24N4O.HI/c1-13(2)11-18-16(17)19-12-14-3-5-15(6-4-14)20-7-9-21-10-8-20;/h3-6H,1,7-12H2,2H3,(H3,17,18,19);1H. The van der Waals surface area contributed by atoms with E-state index in [-0.39, 0.29) is 24.0 Å². The first-order chi connectivity index (χ1) is 10.1. The Morgan fingerprint density at radius 2 is 1.95 bits per heavy atom. The van der Waals surface area contributed by atoms with Gasteiger partial charge < -0.3 is 20.7 Å². The summed E-state index contributed by atoms with van der Waals surface area (Å²) in [6.07, 6.45) is 0. The lowest BCUT2D eigenvalue weighted by Gasteiger charge is -2.28. The highest BCUT2D eigenvalue weighted by Gasteiger charge is 2.10. The van der Waals surface area contributed by atoms with Gasteiger partial charge >= 0.3 is 0 Å². The normalized spacial score (nSPS) is 15.1. The zero-order chi connectivity index (χ0) is 15.1. The van der Waals surface area contributed by atoms with Crippen LogP contribution in [0, 0.1) is 0 Å². The second kappa shape index (κ2) is 9.68. The third-order valence-electron chi connectivity index (χ3n) is 3.32. The number of hydrogen-bond acceptors (Lipinski definition) is 3. The molecule has 1 aliphatic heterocycles. The highest BCUT2D eigenvalue weighted by atomic mass is 127. The lowest BCUT2D eigenvalue weighted by Crippen LogP contribution is -2.36. The smallest absolute Gasteiger partial charge is 0.189 e. The molecule has 1 aromatic rings. The van der Waals surface area contributed by atoms with Gasteiger partial charge in [0, 0.05) is 25.3 Å². The molecular weight excluding hydrogens is 391 g/mol. The topological polar surface area (TPSA) is 62.9 Å². The minimum absolute atomic E-state index is 0. The fourth-order valence-electron chi connectivity index (χ4n) is 2.11. The van der Waals surface area contributed by atoms with Gasteiger partial charge in [-0.2, -0.15) is 0 Å². The Labute approximate surface area is 149 Å². The molecule has 0 aromatic heterocycles. The van der Waals surface area contributed by atoms with Gasteiger partial charge in [-0.15, -0.1) is 24.0 Å². The van der Waals surface area contributed by atoms with Crippen molar-refractivity contribution in [3.8, 4) is 0 Å². The van der Waals surface area contributed by atoms with Crippen LogP contribution >= 0.6 is 24.0 Å². The van der Waals surface area contributed by atoms with Gasteiger partial charge in [0.15, 0.2) is 5.96 Å². The molecule has 0 radical (unpaired) electrons. The first kappa shape index (κ1) is 18.8. The van der Waals surface area contributed by atoms with Crippen LogP contribution in [0.25, 0.3) is 0 Å². The number of anilines is 1. The molecule has 1 saturated heterocycles. The maximum absolute atomic E-state index is 5.79. The van der Waals surface area contributed by atoms with Crippen molar-refractivity contribution in [2.75, 3.05) is 37.7 Å². The number of halogens is 1.